The summed E-state index contributed by atoms with van der Waals surface area (Å²) >= 11 is 17.1. The molecule has 10 nitrogen and oxygen atoms in total. The van der Waals surface area contributed by atoms with Gasteiger partial charge in [-0.25, -0.2) is 17.9 Å². The number of rotatable bonds is 16. The maximum Gasteiger partial charge on any atom is 0.338 e. The average Bonchev–Trinajstić information content (AvgIpc) is 2.99. The van der Waals surface area contributed by atoms with Crippen LogP contribution in [0.25, 0.3) is 0 Å². The molecular formula is C30H33Cl3N2O8S. The second-order valence-corrected chi connectivity index (χ2v) is 14.1. The molecule has 0 aliphatic heterocycles. The van der Waals surface area contributed by atoms with Gasteiger partial charge in [0.2, 0.25) is 13.8 Å². The highest BCUT2D eigenvalue weighted by Gasteiger charge is 2.24. The number of benzene rings is 3. The number of ether oxygens (including phenoxy) is 3. The molecular weight excluding hydrogens is 655 g/mol. The van der Waals surface area contributed by atoms with Crippen molar-refractivity contribution < 1.29 is 32.3 Å². The van der Waals surface area contributed by atoms with Crippen LogP contribution < -0.4 is 14.2 Å². The molecule has 1 N–H and O–H groups in total. The number of nitro groups is 1. The molecule has 0 heterocycles. The summed E-state index contributed by atoms with van der Waals surface area (Å²) in [7, 11) is -0.856. The minimum absolute atomic E-state index is 0.0689. The lowest BCUT2D eigenvalue weighted by molar-refractivity contribution is -0.384. The predicted octanol–water partition coefficient (Wildman–Crippen LogP) is 6.83. The average molecular weight is 688 g/mol. The molecule has 0 aliphatic rings. The van der Waals surface area contributed by atoms with E-state index in [9.17, 15) is 23.3 Å². The van der Waals surface area contributed by atoms with Gasteiger partial charge in [-0.05, 0) is 86.1 Å². The minimum atomic E-state index is -3.97. The molecule has 1 atom stereocenters. The van der Waals surface area contributed by atoms with E-state index in [1.54, 1.807) is 25.3 Å². The lowest BCUT2D eigenvalue weighted by atomic mass is 9.98. The van der Waals surface area contributed by atoms with Crippen LogP contribution in [0.15, 0.2) is 71.6 Å². The van der Waals surface area contributed by atoms with Crippen LogP contribution in [0.1, 0.15) is 47.2 Å². The van der Waals surface area contributed by atoms with Crippen LogP contribution >= 0.6 is 34.8 Å². The van der Waals surface area contributed by atoms with Crippen molar-refractivity contribution in [1.29, 1.82) is 0 Å². The first-order chi connectivity index (χ1) is 20.8. The Morgan fingerprint density at radius 3 is 2.09 bits per heavy atom. The number of carbonyl (C=O) groups is 1. The summed E-state index contributed by atoms with van der Waals surface area (Å²) in [6, 6.07) is 16.7. The molecule has 3 rings (SSSR count). The summed E-state index contributed by atoms with van der Waals surface area (Å²) in [5, 5.41) is 11.0. The van der Waals surface area contributed by atoms with Crippen molar-refractivity contribution in [2.45, 2.75) is 53.3 Å². The highest BCUT2D eigenvalue weighted by molar-refractivity contribution is 7.89. The summed E-state index contributed by atoms with van der Waals surface area (Å²) in [6.07, 6.45) is 3.34. The van der Waals surface area contributed by atoms with Gasteiger partial charge in [0, 0.05) is 18.2 Å². The number of methoxy groups -OCH3 is 2. The summed E-state index contributed by atoms with van der Waals surface area (Å²) < 4.78 is 43.5. The van der Waals surface area contributed by atoms with Crippen LogP contribution in [-0.2, 0) is 27.6 Å². The van der Waals surface area contributed by atoms with E-state index in [0.29, 0.717) is 44.3 Å². The Balaban J connectivity index is 1.74. The lowest BCUT2D eigenvalue weighted by Crippen LogP contribution is -2.35. The zero-order valence-electron chi connectivity index (χ0n) is 24.1. The monoisotopic (exact) mass is 686 g/mol. The number of nitro benzene ring substituents is 1. The first kappa shape index (κ1) is 35.4. The summed E-state index contributed by atoms with van der Waals surface area (Å²) in [4.78, 5) is 22.8. The third kappa shape index (κ3) is 10.8. The molecule has 0 amide bonds. The molecule has 1 unspecified atom stereocenters. The van der Waals surface area contributed by atoms with Gasteiger partial charge in [-0.3, -0.25) is 10.1 Å². The molecule has 0 fully saturated rings. The van der Waals surface area contributed by atoms with Crippen molar-refractivity contribution in [2.75, 3.05) is 20.8 Å². The highest BCUT2D eigenvalue weighted by Crippen LogP contribution is 2.28. The third-order valence-electron chi connectivity index (χ3n) is 6.75. The minimum Gasteiger partial charge on any atom is -0.496 e. The Kier molecular flexibility index (Phi) is 13.1. The number of sulfonamides is 1. The number of carbonyl (C=O) groups excluding carboxylic acids is 1. The van der Waals surface area contributed by atoms with Crippen molar-refractivity contribution in [3.8, 4) is 11.5 Å². The van der Waals surface area contributed by atoms with Crippen molar-refractivity contribution >= 4 is 56.5 Å². The fourth-order valence-electron chi connectivity index (χ4n) is 4.62. The Labute approximate surface area is 271 Å². The zero-order valence-corrected chi connectivity index (χ0v) is 27.2. The Morgan fingerprint density at radius 2 is 1.50 bits per heavy atom. The molecule has 0 spiro atoms. The number of para-hydroxylation sites is 1. The van der Waals surface area contributed by atoms with Crippen molar-refractivity contribution in [3.05, 3.63) is 93.5 Å². The lowest BCUT2D eigenvalue weighted by Gasteiger charge is -2.20. The summed E-state index contributed by atoms with van der Waals surface area (Å²) in [5.74, 6) is 0.655. The normalized spacial score (nSPS) is 12.4. The van der Waals surface area contributed by atoms with E-state index in [4.69, 9.17) is 49.0 Å². The van der Waals surface area contributed by atoms with E-state index in [-0.39, 0.29) is 16.1 Å². The number of aryl methyl sites for hydroxylation is 2. The van der Waals surface area contributed by atoms with Gasteiger partial charge in [-0.15, -0.1) is 0 Å². The van der Waals surface area contributed by atoms with Gasteiger partial charge in [0.25, 0.3) is 5.69 Å². The third-order valence-corrected chi connectivity index (χ3v) is 8.62. The zero-order chi connectivity index (χ0) is 32.3. The Hall–Kier alpha value is -3.09. The first-order valence-electron chi connectivity index (χ1n) is 13.6. The van der Waals surface area contributed by atoms with Gasteiger partial charge in [0.1, 0.15) is 18.1 Å². The number of hydrogen-bond donors (Lipinski definition) is 1. The predicted molar refractivity (Wildman–Crippen MR) is 170 cm³/mol. The van der Waals surface area contributed by atoms with Crippen molar-refractivity contribution in [3.63, 3.8) is 0 Å². The van der Waals surface area contributed by atoms with Crippen LogP contribution in [0.2, 0.25) is 0 Å². The second kappa shape index (κ2) is 16.3. The molecule has 0 saturated heterocycles. The van der Waals surface area contributed by atoms with Crippen molar-refractivity contribution in [1.82, 2.24) is 4.72 Å². The Morgan fingerprint density at radius 1 is 0.909 bits per heavy atom. The van der Waals surface area contributed by atoms with Crippen LogP contribution in [-0.4, -0.2) is 50.0 Å². The molecule has 44 heavy (non-hydrogen) atoms. The summed E-state index contributed by atoms with van der Waals surface area (Å²) in [6.45, 7) is -0.413. The van der Waals surface area contributed by atoms with Gasteiger partial charge in [-0.2, -0.15) is 0 Å². The second-order valence-electron chi connectivity index (χ2n) is 9.88. The van der Waals surface area contributed by atoms with Crippen LogP contribution in [0, 0.1) is 10.1 Å². The van der Waals surface area contributed by atoms with Gasteiger partial charge in [-0.1, -0.05) is 53.0 Å². The van der Waals surface area contributed by atoms with E-state index in [1.165, 1.54) is 19.2 Å². The van der Waals surface area contributed by atoms with E-state index in [0.717, 1.165) is 29.0 Å². The number of hydrogen-bond acceptors (Lipinski definition) is 8. The molecule has 3 aromatic rings. The topological polar surface area (TPSA) is 134 Å². The molecule has 3 aromatic carbocycles. The van der Waals surface area contributed by atoms with E-state index in [1.807, 2.05) is 24.3 Å². The largest absolute Gasteiger partial charge is 0.496 e. The summed E-state index contributed by atoms with van der Waals surface area (Å²) in [5.41, 5.74) is 1.78. The van der Waals surface area contributed by atoms with Gasteiger partial charge in [0.05, 0.1) is 29.6 Å². The van der Waals surface area contributed by atoms with Gasteiger partial charge >= 0.3 is 5.97 Å². The molecule has 0 bridgehead atoms. The van der Waals surface area contributed by atoms with Gasteiger partial charge < -0.3 is 14.2 Å². The molecule has 0 aliphatic carbocycles. The first-order valence-corrected chi connectivity index (χ1v) is 16.2. The number of nitrogens with one attached hydrogen (secondary N) is 1. The standard InChI is InChI=1S/C30H33Cl3N2O8S/c1-41-27-12-4-3-7-21(27)8-5-10-24(34-44(39,40)26-16-14-25(15-17-26)35(37)38)11-6-9-22-19-23(13-18-28(22)42-2)29(36)43-20-30(31,32)33/h3-4,7,12-19,24,34H,5-6,8-11,20H2,1-2H3. The molecule has 238 valence electrons. The molecule has 0 radical (unpaired) electrons. The maximum absolute atomic E-state index is 13.2. The van der Waals surface area contributed by atoms with E-state index < -0.39 is 37.4 Å². The van der Waals surface area contributed by atoms with Crippen molar-refractivity contribution in [2.24, 2.45) is 0 Å². The highest BCUT2D eigenvalue weighted by atomic mass is 35.6. The fourth-order valence-corrected chi connectivity index (χ4v) is 6.08. The molecule has 0 aromatic heterocycles. The number of non-ortho nitro benzene ring substituents is 1. The molecule has 14 heteroatoms. The number of esters is 1. The number of halogens is 3. The van der Waals surface area contributed by atoms with Crippen LogP contribution in [0.5, 0.6) is 11.5 Å². The van der Waals surface area contributed by atoms with Crippen LogP contribution in [0.4, 0.5) is 5.69 Å². The number of alkyl halides is 3. The fraction of sp³-hybridized carbons (Fsp3) is 0.367. The van der Waals surface area contributed by atoms with E-state index >= 15 is 0 Å². The molecule has 0 saturated carbocycles. The van der Waals surface area contributed by atoms with Gasteiger partial charge in [0.15, 0.2) is 0 Å². The quantitative estimate of drug-likeness (QED) is 0.0750. The van der Waals surface area contributed by atoms with E-state index in [2.05, 4.69) is 4.72 Å². The Bertz CT molecular complexity index is 1530. The smallest absolute Gasteiger partial charge is 0.338 e. The van der Waals surface area contributed by atoms with Crippen LogP contribution in [0.3, 0.4) is 0 Å². The maximum atomic E-state index is 13.2. The SMILES string of the molecule is COc1ccccc1CCCC(CCCc1cc(C(=O)OCC(Cl)(Cl)Cl)ccc1OC)NS(=O)(=O)c1ccc([N+](=O)[O-])cc1. The number of nitrogens with zero attached hydrogens (tertiary/aromatic N) is 1.